The van der Waals surface area contributed by atoms with E-state index >= 15 is 0 Å². The SMILES string of the molecule is CCNCc1ccc(C(C)(C)C)cc1. The van der Waals surface area contributed by atoms with Gasteiger partial charge in [0.15, 0.2) is 0 Å². The molecule has 0 aromatic heterocycles. The molecule has 78 valence electrons. The fourth-order valence-corrected chi connectivity index (χ4v) is 1.39. The summed E-state index contributed by atoms with van der Waals surface area (Å²) in [7, 11) is 0. The highest BCUT2D eigenvalue weighted by Gasteiger charge is 2.12. The Balaban J connectivity index is 2.69. The first-order valence-electron chi connectivity index (χ1n) is 5.34. The van der Waals surface area contributed by atoms with E-state index in [9.17, 15) is 0 Å². The monoisotopic (exact) mass is 191 g/mol. The van der Waals surface area contributed by atoms with E-state index in [0.717, 1.165) is 13.1 Å². The molecule has 0 aliphatic carbocycles. The average Bonchev–Trinajstić information content (AvgIpc) is 2.14. The Morgan fingerprint density at radius 3 is 2.07 bits per heavy atom. The highest BCUT2D eigenvalue weighted by molar-refractivity contribution is 5.27. The Labute approximate surface area is 87.5 Å². The molecular weight excluding hydrogens is 170 g/mol. The summed E-state index contributed by atoms with van der Waals surface area (Å²) in [4.78, 5) is 0. The second-order valence-corrected chi connectivity index (χ2v) is 4.73. The van der Waals surface area contributed by atoms with Crippen LogP contribution in [0.3, 0.4) is 0 Å². The molecule has 0 bridgehead atoms. The van der Waals surface area contributed by atoms with Crippen LogP contribution in [0.2, 0.25) is 0 Å². The molecule has 0 saturated heterocycles. The highest BCUT2D eigenvalue weighted by Crippen LogP contribution is 2.21. The summed E-state index contributed by atoms with van der Waals surface area (Å²) < 4.78 is 0. The van der Waals surface area contributed by atoms with E-state index in [4.69, 9.17) is 0 Å². The smallest absolute Gasteiger partial charge is 0.0205 e. The highest BCUT2D eigenvalue weighted by atomic mass is 14.8. The Morgan fingerprint density at radius 1 is 1.07 bits per heavy atom. The van der Waals surface area contributed by atoms with Gasteiger partial charge in [-0.05, 0) is 23.1 Å². The molecule has 14 heavy (non-hydrogen) atoms. The van der Waals surface area contributed by atoms with Crippen molar-refractivity contribution in [1.29, 1.82) is 0 Å². The Morgan fingerprint density at radius 2 is 1.64 bits per heavy atom. The number of rotatable bonds is 3. The molecule has 0 atom stereocenters. The average molecular weight is 191 g/mol. The van der Waals surface area contributed by atoms with Gasteiger partial charge in [0.05, 0.1) is 0 Å². The molecule has 0 saturated carbocycles. The van der Waals surface area contributed by atoms with E-state index in [1.165, 1.54) is 11.1 Å². The van der Waals surface area contributed by atoms with E-state index < -0.39 is 0 Å². The van der Waals surface area contributed by atoms with Crippen molar-refractivity contribution >= 4 is 0 Å². The maximum atomic E-state index is 3.32. The van der Waals surface area contributed by atoms with Gasteiger partial charge in [-0.3, -0.25) is 0 Å². The summed E-state index contributed by atoms with van der Waals surface area (Å²) in [5.41, 5.74) is 3.02. The van der Waals surface area contributed by atoms with Gasteiger partial charge in [0.2, 0.25) is 0 Å². The lowest BCUT2D eigenvalue weighted by atomic mass is 9.87. The van der Waals surface area contributed by atoms with Gasteiger partial charge in [0, 0.05) is 6.54 Å². The molecule has 0 aliphatic rings. The van der Waals surface area contributed by atoms with Crippen LogP contribution < -0.4 is 5.32 Å². The van der Waals surface area contributed by atoms with Crippen molar-refractivity contribution in [2.24, 2.45) is 0 Å². The third-order valence-corrected chi connectivity index (χ3v) is 2.40. The number of benzene rings is 1. The summed E-state index contributed by atoms with van der Waals surface area (Å²) in [5.74, 6) is 0. The lowest BCUT2D eigenvalue weighted by Gasteiger charge is -2.19. The molecule has 0 heterocycles. The second-order valence-electron chi connectivity index (χ2n) is 4.73. The lowest BCUT2D eigenvalue weighted by molar-refractivity contribution is 0.589. The third-order valence-electron chi connectivity index (χ3n) is 2.40. The van der Waals surface area contributed by atoms with Crippen molar-refractivity contribution in [1.82, 2.24) is 5.32 Å². The summed E-state index contributed by atoms with van der Waals surface area (Å²) in [6, 6.07) is 8.88. The first-order valence-corrected chi connectivity index (χ1v) is 5.34. The van der Waals surface area contributed by atoms with Crippen molar-refractivity contribution in [3.8, 4) is 0 Å². The minimum atomic E-state index is 0.261. The first-order chi connectivity index (χ1) is 6.54. The van der Waals surface area contributed by atoms with Gasteiger partial charge in [0.25, 0.3) is 0 Å². The van der Waals surface area contributed by atoms with E-state index in [-0.39, 0.29) is 5.41 Å². The Hall–Kier alpha value is -0.820. The Kier molecular flexibility index (Phi) is 3.70. The largest absolute Gasteiger partial charge is 0.313 e. The molecule has 0 spiro atoms. The molecule has 0 unspecified atom stereocenters. The molecule has 1 aromatic carbocycles. The van der Waals surface area contributed by atoms with Crippen LogP contribution in [0.15, 0.2) is 24.3 Å². The van der Waals surface area contributed by atoms with Crippen LogP contribution >= 0.6 is 0 Å². The molecule has 1 rings (SSSR count). The van der Waals surface area contributed by atoms with Crippen molar-refractivity contribution in [3.63, 3.8) is 0 Å². The molecular formula is C13H21N. The van der Waals surface area contributed by atoms with Gasteiger partial charge < -0.3 is 5.32 Å². The van der Waals surface area contributed by atoms with Crippen molar-refractivity contribution in [2.45, 2.75) is 39.7 Å². The minimum Gasteiger partial charge on any atom is -0.313 e. The fourth-order valence-electron chi connectivity index (χ4n) is 1.39. The molecule has 1 N–H and O–H groups in total. The van der Waals surface area contributed by atoms with Crippen LogP contribution in [-0.2, 0) is 12.0 Å². The minimum absolute atomic E-state index is 0.261. The second kappa shape index (κ2) is 4.61. The zero-order chi connectivity index (χ0) is 10.6. The molecule has 0 radical (unpaired) electrons. The van der Waals surface area contributed by atoms with Crippen molar-refractivity contribution < 1.29 is 0 Å². The molecule has 0 amide bonds. The summed E-state index contributed by atoms with van der Waals surface area (Å²) >= 11 is 0. The number of hydrogen-bond acceptors (Lipinski definition) is 1. The normalized spacial score (nSPS) is 11.7. The topological polar surface area (TPSA) is 12.0 Å². The van der Waals surface area contributed by atoms with Crippen molar-refractivity contribution in [2.75, 3.05) is 6.54 Å². The lowest BCUT2D eigenvalue weighted by Crippen LogP contribution is -2.13. The predicted octanol–water partition coefficient (Wildman–Crippen LogP) is 3.09. The standard InChI is InChI=1S/C13H21N/c1-5-14-10-11-6-8-12(9-7-11)13(2,3)4/h6-9,14H,5,10H2,1-4H3. The van der Waals surface area contributed by atoms with Crippen LogP contribution in [0.5, 0.6) is 0 Å². The summed E-state index contributed by atoms with van der Waals surface area (Å²) in [6.45, 7) is 10.9. The molecule has 0 aliphatic heterocycles. The third kappa shape index (κ3) is 3.15. The first kappa shape index (κ1) is 11.3. The Bertz CT molecular complexity index is 266. The maximum absolute atomic E-state index is 3.32. The van der Waals surface area contributed by atoms with E-state index in [2.05, 4.69) is 57.3 Å². The zero-order valence-corrected chi connectivity index (χ0v) is 9.72. The van der Waals surface area contributed by atoms with Gasteiger partial charge in [0.1, 0.15) is 0 Å². The van der Waals surface area contributed by atoms with Crippen LogP contribution in [-0.4, -0.2) is 6.54 Å². The summed E-state index contributed by atoms with van der Waals surface area (Å²) in [5, 5.41) is 3.32. The van der Waals surface area contributed by atoms with Crippen LogP contribution in [0, 0.1) is 0 Å². The summed E-state index contributed by atoms with van der Waals surface area (Å²) in [6.07, 6.45) is 0. The molecule has 1 nitrogen and oxygen atoms in total. The van der Waals surface area contributed by atoms with Crippen molar-refractivity contribution in [3.05, 3.63) is 35.4 Å². The van der Waals surface area contributed by atoms with E-state index in [1.54, 1.807) is 0 Å². The van der Waals surface area contributed by atoms with Gasteiger partial charge in [-0.1, -0.05) is 52.0 Å². The predicted molar refractivity (Wildman–Crippen MR) is 62.5 cm³/mol. The quantitative estimate of drug-likeness (QED) is 0.774. The zero-order valence-electron chi connectivity index (χ0n) is 9.72. The molecule has 0 fully saturated rings. The van der Waals surface area contributed by atoms with Gasteiger partial charge in [-0.25, -0.2) is 0 Å². The van der Waals surface area contributed by atoms with Gasteiger partial charge in [-0.2, -0.15) is 0 Å². The van der Waals surface area contributed by atoms with Crippen LogP contribution in [0.25, 0.3) is 0 Å². The molecule has 1 aromatic rings. The number of hydrogen-bond donors (Lipinski definition) is 1. The maximum Gasteiger partial charge on any atom is 0.0205 e. The molecule has 1 heteroatoms. The van der Waals surface area contributed by atoms with Gasteiger partial charge >= 0.3 is 0 Å². The van der Waals surface area contributed by atoms with Crippen LogP contribution in [0.1, 0.15) is 38.8 Å². The van der Waals surface area contributed by atoms with Gasteiger partial charge in [-0.15, -0.1) is 0 Å². The fraction of sp³-hybridized carbons (Fsp3) is 0.538. The van der Waals surface area contributed by atoms with Crippen LogP contribution in [0.4, 0.5) is 0 Å². The van der Waals surface area contributed by atoms with E-state index in [1.807, 2.05) is 0 Å². The number of nitrogens with one attached hydrogen (secondary N) is 1. The van der Waals surface area contributed by atoms with E-state index in [0.29, 0.717) is 0 Å².